The molecule has 1 saturated carbocycles. The number of anilines is 1. The van der Waals surface area contributed by atoms with Gasteiger partial charge in [-0.1, -0.05) is 20.3 Å². The maximum absolute atomic E-state index is 12.6. The maximum Gasteiger partial charge on any atom is 0.322 e. The lowest BCUT2D eigenvalue weighted by molar-refractivity contribution is -0.105. The Labute approximate surface area is 154 Å². The van der Waals surface area contributed by atoms with Gasteiger partial charge in [0.2, 0.25) is 0 Å². The second-order valence-electron chi connectivity index (χ2n) is 7.87. The number of rotatable bonds is 2. The summed E-state index contributed by atoms with van der Waals surface area (Å²) in [4.78, 5) is 14.4. The molecule has 142 valence electrons. The summed E-state index contributed by atoms with van der Waals surface area (Å²) in [6, 6.07) is 5.55. The molecule has 3 aliphatic rings. The lowest BCUT2D eigenvalue weighted by atomic mass is 9.94. The van der Waals surface area contributed by atoms with Crippen LogP contribution in [-0.2, 0) is 4.74 Å². The second kappa shape index (κ2) is 6.99. The highest BCUT2D eigenvalue weighted by molar-refractivity contribution is 5.89. The quantitative estimate of drug-likeness (QED) is 0.866. The van der Waals surface area contributed by atoms with Crippen molar-refractivity contribution in [1.29, 1.82) is 0 Å². The van der Waals surface area contributed by atoms with E-state index in [2.05, 4.69) is 19.2 Å². The maximum atomic E-state index is 12.6. The number of urea groups is 1. The van der Waals surface area contributed by atoms with Gasteiger partial charge in [0.15, 0.2) is 11.5 Å². The van der Waals surface area contributed by atoms with Crippen molar-refractivity contribution in [3.63, 3.8) is 0 Å². The monoisotopic (exact) mass is 360 g/mol. The van der Waals surface area contributed by atoms with Crippen LogP contribution in [0.3, 0.4) is 0 Å². The highest BCUT2D eigenvalue weighted by Gasteiger charge is 2.42. The van der Waals surface area contributed by atoms with Crippen molar-refractivity contribution in [2.45, 2.75) is 57.8 Å². The predicted molar refractivity (Wildman–Crippen MR) is 98.7 cm³/mol. The molecular formula is C20H28N2O4. The van der Waals surface area contributed by atoms with E-state index in [9.17, 15) is 4.79 Å². The first-order chi connectivity index (χ1) is 12.5. The van der Waals surface area contributed by atoms with Crippen LogP contribution >= 0.6 is 0 Å². The van der Waals surface area contributed by atoms with Crippen LogP contribution in [0.4, 0.5) is 10.5 Å². The summed E-state index contributed by atoms with van der Waals surface area (Å²) in [6.45, 7) is 6.05. The third-order valence-electron chi connectivity index (χ3n) is 5.53. The zero-order valence-electron chi connectivity index (χ0n) is 15.6. The van der Waals surface area contributed by atoms with Gasteiger partial charge in [0.1, 0.15) is 0 Å². The number of carbonyl (C=O) groups is 1. The van der Waals surface area contributed by atoms with Crippen LogP contribution in [-0.4, -0.2) is 42.5 Å². The predicted octanol–water partition coefficient (Wildman–Crippen LogP) is 4.01. The molecule has 2 fully saturated rings. The molecule has 2 amide bonds. The summed E-state index contributed by atoms with van der Waals surface area (Å²) in [6.07, 6.45) is 5.44. The topological polar surface area (TPSA) is 60.0 Å². The van der Waals surface area contributed by atoms with E-state index in [0.717, 1.165) is 42.9 Å². The summed E-state index contributed by atoms with van der Waals surface area (Å²) in [5, 5.41) is 2.99. The molecule has 4 rings (SSSR count). The van der Waals surface area contributed by atoms with Crippen LogP contribution < -0.4 is 14.8 Å². The van der Waals surface area contributed by atoms with Gasteiger partial charge in [-0.3, -0.25) is 0 Å². The molecule has 1 unspecified atom stereocenters. The molecule has 1 saturated heterocycles. The van der Waals surface area contributed by atoms with Crippen molar-refractivity contribution in [2.24, 2.45) is 5.92 Å². The van der Waals surface area contributed by atoms with Crippen molar-refractivity contribution in [3.8, 4) is 11.5 Å². The van der Waals surface area contributed by atoms with Crippen molar-refractivity contribution in [3.05, 3.63) is 18.2 Å². The van der Waals surface area contributed by atoms with Crippen LogP contribution in [0.25, 0.3) is 0 Å². The molecule has 2 heterocycles. The Hall–Kier alpha value is -1.95. The molecule has 1 aromatic rings. The fourth-order valence-electron chi connectivity index (χ4n) is 3.93. The van der Waals surface area contributed by atoms with E-state index in [0.29, 0.717) is 25.6 Å². The number of fused-ring (bicyclic) bond motifs is 1. The Morgan fingerprint density at radius 2 is 1.96 bits per heavy atom. The molecule has 1 aliphatic carbocycles. The fraction of sp³-hybridized carbons (Fsp3) is 0.650. The summed E-state index contributed by atoms with van der Waals surface area (Å²) < 4.78 is 18.0. The molecular weight excluding hydrogens is 332 g/mol. The lowest BCUT2D eigenvalue weighted by Crippen LogP contribution is -2.48. The zero-order chi connectivity index (χ0) is 18.1. The molecule has 1 aromatic carbocycles. The van der Waals surface area contributed by atoms with E-state index in [-0.39, 0.29) is 12.1 Å². The summed E-state index contributed by atoms with van der Waals surface area (Å²) in [5.41, 5.74) is 0.734. The van der Waals surface area contributed by atoms with Gasteiger partial charge in [0, 0.05) is 37.7 Å². The van der Waals surface area contributed by atoms with Gasteiger partial charge in [0.05, 0.1) is 12.7 Å². The Balaban J connectivity index is 1.41. The fourth-order valence-corrected chi connectivity index (χ4v) is 3.93. The molecule has 6 heteroatoms. The van der Waals surface area contributed by atoms with Crippen molar-refractivity contribution >= 4 is 11.7 Å². The van der Waals surface area contributed by atoms with Crippen LogP contribution in [0, 0.1) is 5.92 Å². The van der Waals surface area contributed by atoms with Crippen LogP contribution in [0.15, 0.2) is 18.2 Å². The number of benzene rings is 1. The average Bonchev–Trinajstić information content (AvgIpc) is 2.98. The number of hydrogen-bond acceptors (Lipinski definition) is 4. The lowest BCUT2D eigenvalue weighted by Gasteiger charge is -2.34. The third-order valence-corrected chi connectivity index (χ3v) is 5.53. The van der Waals surface area contributed by atoms with Crippen molar-refractivity contribution in [2.75, 3.05) is 25.0 Å². The van der Waals surface area contributed by atoms with Crippen molar-refractivity contribution < 1.29 is 19.0 Å². The Kier molecular flexibility index (Phi) is 4.69. The highest BCUT2D eigenvalue weighted by Crippen LogP contribution is 2.46. The van der Waals surface area contributed by atoms with E-state index in [1.807, 2.05) is 23.1 Å². The standard InChI is InChI=1S/C20H28N2O4/c1-14(2)18-13-22(10-11-24-18)19(23)21-15-6-7-16-17(12-15)26-20(25-16)8-4-3-5-9-20/h6-7,12,14,18H,3-5,8-11,13H2,1-2H3,(H,21,23). The highest BCUT2D eigenvalue weighted by atomic mass is 16.7. The number of nitrogens with zero attached hydrogens (tertiary/aromatic N) is 1. The molecule has 26 heavy (non-hydrogen) atoms. The normalized spacial score (nSPS) is 24.1. The number of amides is 2. The van der Waals surface area contributed by atoms with Gasteiger partial charge in [-0.05, 0) is 30.9 Å². The first kappa shape index (κ1) is 17.5. The number of ether oxygens (including phenoxy) is 3. The molecule has 0 aromatic heterocycles. The van der Waals surface area contributed by atoms with Gasteiger partial charge in [-0.25, -0.2) is 4.79 Å². The molecule has 1 spiro atoms. The first-order valence-corrected chi connectivity index (χ1v) is 9.74. The zero-order valence-corrected chi connectivity index (χ0v) is 15.6. The van der Waals surface area contributed by atoms with Gasteiger partial charge >= 0.3 is 6.03 Å². The molecule has 0 bridgehead atoms. The van der Waals surface area contributed by atoms with E-state index in [4.69, 9.17) is 14.2 Å². The van der Waals surface area contributed by atoms with Gasteiger partial charge in [0.25, 0.3) is 5.79 Å². The van der Waals surface area contributed by atoms with Gasteiger partial charge in [-0.15, -0.1) is 0 Å². The van der Waals surface area contributed by atoms with Gasteiger partial charge in [-0.2, -0.15) is 0 Å². The largest absolute Gasteiger partial charge is 0.448 e. The Bertz CT molecular complexity index is 670. The molecule has 1 atom stereocenters. The molecule has 1 N–H and O–H groups in total. The van der Waals surface area contributed by atoms with E-state index in [1.54, 1.807) is 0 Å². The number of nitrogens with one attached hydrogen (secondary N) is 1. The SMILES string of the molecule is CC(C)C1CN(C(=O)Nc2ccc3c(c2)OC2(CCCCC2)O3)CCO1. The Morgan fingerprint density at radius 3 is 2.73 bits per heavy atom. The minimum atomic E-state index is -0.488. The Morgan fingerprint density at radius 1 is 1.19 bits per heavy atom. The van der Waals surface area contributed by atoms with E-state index >= 15 is 0 Å². The number of carbonyl (C=O) groups excluding carboxylic acids is 1. The van der Waals surface area contributed by atoms with E-state index in [1.165, 1.54) is 6.42 Å². The van der Waals surface area contributed by atoms with Crippen LogP contribution in [0.5, 0.6) is 11.5 Å². The molecule has 2 aliphatic heterocycles. The first-order valence-electron chi connectivity index (χ1n) is 9.74. The minimum Gasteiger partial charge on any atom is -0.448 e. The minimum absolute atomic E-state index is 0.0924. The van der Waals surface area contributed by atoms with Crippen LogP contribution in [0.2, 0.25) is 0 Å². The number of hydrogen-bond donors (Lipinski definition) is 1. The summed E-state index contributed by atoms with van der Waals surface area (Å²) in [5.74, 6) is 1.41. The van der Waals surface area contributed by atoms with Crippen LogP contribution in [0.1, 0.15) is 46.0 Å². The average molecular weight is 360 g/mol. The molecule has 6 nitrogen and oxygen atoms in total. The van der Waals surface area contributed by atoms with Crippen molar-refractivity contribution in [1.82, 2.24) is 4.90 Å². The second-order valence-corrected chi connectivity index (χ2v) is 7.87. The molecule has 0 radical (unpaired) electrons. The number of morpholine rings is 1. The smallest absolute Gasteiger partial charge is 0.322 e. The summed E-state index contributed by atoms with van der Waals surface area (Å²) >= 11 is 0. The van der Waals surface area contributed by atoms with E-state index < -0.39 is 5.79 Å². The van der Waals surface area contributed by atoms with Gasteiger partial charge < -0.3 is 24.4 Å². The summed E-state index contributed by atoms with van der Waals surface area (Å²) in [7, 11) is 0. The third kappa shape index (κ3) is 3.47.